The maximum Gasteiger partial charge on any atom is 0.338 e. The number of carbonyl (C=O) groups excluding carboxylic acids is 2. The highest BCUT2D eigenvalue weighted by atomic mass is 19.1. The number of ether oxygens (including phenoxy) is 1. The van der Waals surface area contributed by atoms with Crippen LogP contribution in [-0.2, 0) is 4.74 Å². The van der Waals surface area contributed by atoms with E-state index < -0.39 is 11.7 Å². The first-order chi connectivity index (χ1) is 13.6. The van der Waals surface area contributed by atoms with Crippen LogP contribution in [0.1, 0.15) is 27.6 Å². The Labute approximate surface area is 161 Å². The molecule has 28 heavy (non-hydrogen) atoms. The normalized spacial score (nSPS) is 10.2. The molecule has 7 heteroatoms. The minimum Gasteiger partial charge on any atom is -0.462 e. The van der Waals surface area contributed by atoms with Gasteiger partial charge in [0.25, 0.3) is 5.91 Å². The summed E-state index contributed by atoms with van der Waals surface area (Å²) in [7, 11) is 0. The molecule has 0 spiro atoms. The van der Waals surface area contributed by atoms with E-state index in [-0.39, 0.29) is 11.5 Å². The van der Waals surface area contributed by atoms with E-state index in [9.17, 15) is 14.0 Å². The molecule has 0 atom stereocenters. The summed E-state index contributed by atoms with van der Waals surface area (Å²) in [6.45, 7) is 2.08. The van der Waals surface area contributed by atoms with Gasteiger partial charge >= 0.3 is 5.97 Å². The second kappa shape index (κ2) is 8.77. The number of halogens is 1. The third kappa shape index (κ3) is 4.70. The average molecular weight is 379 g/mol. The number of hydrogen-bond donors (Lipinski definition) is 2. The molecule has 142 valence electrons. The largest absolute Gasteiger partial charge is 0.462 e. The van der Waals surface area contributed by atoms with Gasteiger partial charge in [-0.15, -0.1) is 0 Å². The summed E-state index contributed by atoms with van der Waals surface area (Å²) in [5.74, 6) is -1.23. The van der Waals surface area contributed by atoms with Gasteiger partial charge in [-0.1, -0.05) is 12.1 Å². The van der Waals surface area contributed by atoms with Crippen LogP contribution < -0.4 is 10.6 Å². The molecule has 2 N–H and O–H groups in total. The van der Waals surface area contributed by atoms with E-state index >= 15 is 0 Å². The SMILES string of the molecule is CCOC(=O)c1ccc(Nc2ccc(NC(=O)c3ccccc3F)nc2)cc1. The van der Waals surface area contributed by atoms with Gasteiger partial charge in [-0.05, 0) is 55.5 Å². The summed E-state index contributed by atoms with van der Waals surface area (Å²) in [6.07, 6.45) is 1.54. The average Bonchev–Trinajstić information content (AvgIpc) is 2.70. The highest BCUT2D eigenvalue weighted by molar-refractivity contribution is 6.04. The standard InChI is InChI=1S/C21H18FN3O3/c1-2-28-21(27)14-7-9-15(10-8-14)24-16-11-12-19(23-13-16)25-20(26)17-5-3-4-6-18(17)22/h3-13,24H,2H2,1H3,(H,23,25,26). The number of aromatic nitrogens is 1. The Bertz CT molecular complexity index is 973. The van der Waals surface area contributed by atoms with Crippen LogP contribution in [0.15, 0.2) is 66.9 Å². The van der Waals surface area contributed by atoms with Crippen LogP contribution in [-0.4, -0.2) is 23.5 Å². The molecular weight excluding hydrogens is 361 g/mol. The summed E-state index contributed by atoms with van der Waals surface area (Å²) in [6, 6.07) is 15.9. The molecule has 0 unspecified atom stereocenters. The fourth-order valence-electron chi connectivity index (χ4n) is 2.44. The lowest BCUT2D eigenvalue weighted by atomic mass is 10.2. The molecule has 1 amide bonds. The van der Waals surface area contributed by atoms with Crippen molar-refractivity contribution in [2.24, 2.45) is 0 Å². The molecule has 3 rings (SSSR count). The van der Waals surface area contributed by atoms with Crippen molar-refractivity contribution in [2.75, 3.05) is 17.2 Å². The maximum atomic E-state index is 13.7. The molecule has 0 saturated heterocycles. The van der Waals surface area contributed by atoms with Crippen LogP contribution in [0.2, 0.25) is 0 Å². The van der Waals surface area contributed by atoms with Gasteiger partial charge in [-0.3, -0.25) is 4.79 Å². The van der Waals surface area contributed by atoms with E-state index in [0.29, 0.717) is 23.7 Å². The maximum absolute atomic E-state index is 13.7. The Morgan fingerprint density at radius 3 is 2.36 bits per heavy atom. The molecule has 6 nitrogen and oxygen atoms in total. The van der Waals surface area contributed by atoms with Crippen molar-refractivity contribution >= 4 is 29.1 Å². The van der Waals surface area contributed by atoms with Crippen molar-refractivity contribution in [2.45, 2.75) is 6.92 Å². The summed E-state index contributed by atoms with van der Waals surface area (Å²) in [4.78, 5) is 27.9. The number of pyridine rings is 1. The van der Waals surface area contributed by atoms with Crippen molar-refractivity contribution in [1.82, 2.24) is 4.98 Å². The van der Waals surface area contributed by atoms with Gasteiger partial charge in [0.2, 0.25) is 0 Å². The van der Waals surface area contributed by atoms with Crippen LogP contribution in [0, 0.1) is 5.82 Å². The van der Waals surface area contributed by atoms with Gasteiger partial charge < -0.3 is 15.4 Å². The topological polar surface area (TPSA) is 80.3 Å². The van der Waals surface area contributed by atoms with E-state index in [1.54, 1.807) is 49.4 Å². The number of carbonyl (C=O) groups is 2. The Kier molecular flexibility index (Phi) is 5.96. The zero-order chi connectivity index (χ0) is 19.9. The van der Waals surface area contributed by atoms with Crippen molar-refractivity contribution in [1.29, 1.82) is 0 Å². The third-order valence-corrected chi connectivity index (χ3v) is 3.81. The van der Waals surface area contributed by atoms with E-state index in [1.165, 1.54) is 24.4 Å². The van der Waals surface area contributed by atoms with Crippen LogP contribution >= 0.6 is 0 Å². The first kappa shape index (κ1) is 19.0. The molecule has 3 aromatic rings. The third-order valence-electron chi connectivity index (χ3n) is 3.81. The first-order valence-corrected chi connectivity index (χ1v) is 8.63. The molecule has 0 aliphatic rings. The smallest absolute Gasteiger partial charge is 0.338 e. The predicted molar refractivity (Wildman–Crippen MR) is 104 cm³/mol. The van der Waals surface area contributed by atoms with Crippen molar-refractivity contribution in [3.05, 3.63) is 83.8 Å². The molecule has 2 aromatic carbocycles. The Balaban J connectivity index is 1.62. The van der Waals surface area contributed by atoms with E-state index in [1.807, 2.05) is 0 Å². The number of nitrogens with zero attached hydrogens (tertiary/aromatic N) is 1. The molecular formula is C21H18FN3O3. The summed E-state index contributed by atoms with van der Waals surface area (Å²) in [5, 5.41) is 5.69. The van der Waals surface area contributed by atoms with Gasteiger partial charge in [-0.2, -0.15) is 0 Å². The van der Waals surface area contributed by atoms with Crippen molar-refractivity contribution < 1.29 is 18.7 Å². The van der Waals surface area contributed by atoms with Gasteiger partial charge in [-0.25, -0.2) is 14.2 Å². The Hall–Kier alpha value is -3.74. The number of rotatable bonds is 6. The Morgan fingerprint density at radius 2 is 1.71 bits per heavy atom. The second-order valence-electron chi connectivity index (χ2n) is 5.79. The van der Waals surface area contributed by atoms with Crippen LogP contribution in [0.5, 0.6) is 0 Å². The fourth-order valence-corrected chi connectivity index (χ4v) is 2.44. The lowest BCUT2D eigenvalue weighted by molar-refractivity contribution is 0.0526. The Morgan fingerprint density at radius 1 is 1.00 bits per heavy atom. The number of nitrogens with one attached hydrogen (secondary N) is 2. The lowest BCUT2D eigenvalue weighted by Gasteiger charge is -2.09. The second-order valence-corrected chi connectivity index (χ2v) is 5.79. The number of anilines is 3. The molecule has 1 heterocycles. The number of benzene rings is 2. The summed E-state index contributed by atoms with van der Waals surface area (Å²) < 4.78 is 18.6. The van der Waals surface area contributed by atoms with Gasteiger partial charge in [0, 0.05) is 5.69 Å². The lowest BCUT2D eigenvalue weighted by Crippen LogP contribution is -2.14. The number of hydrogen-bond acceptors (Lipinski definition) is 5. The molecule has 0 saturated carbocycles. The summed E-state index contributed by atoms with van der Waals surface area (Å²) >= 11 is 0. The molecule has 0 fully saturated rings. The first-order valence-electron chi connectivity index (χ1n) is 8.63. The van der Waals surface area contributed by atoms with Crippen molar-refractivity contribution in [3.63, 3.8) is 0 Å². The van der Waals surface area contributed by atoms with Gasteiger partial charge in [0.05, 0.1) is 29.6 Å². The molecule has 0 aliphatic heterocycles. The minimum absolute atomic E-state index is 0.0480. The van der Waals surface area contributed by atoms with Crippen LogP contribution in [0.25, 0.3) is 0 Å². The highest BCUT2D eigenvalue weighted by Gasteiger charge is 2.11. The van der Waals surface area contributed by atoms with E-state index in [0.717, 1.165) is 5.69 Å². The van der Waals surface area contributed by atoms with Crippen molar-refractivity contribution in [3.8, 4) is 0 Å². The molecule has 0 aliphatic carbocycles. The monoisotopic (exact) mass is 379 g/mol. The highest BCUT2D eigenvalue weighted by Crippen LogP contribution is 2.18. The van der Waals surface area contributed by atoms with Gasteiger partial charge in [0.1, 0.15) is 11.6 Å². The number of esters is 1. The fraction of sp³-hybridized carbons (Fsp3) is 0.0952. The van der Waals surface area contributed by atoms with Crippen LogP contribution in [0.4, 0.5) is 21.6 Å². The number of amides is 1. The van der Waals surface area contributed by atoms with E-state index in [2.05, 4.69) is 15.6 Å². The molecule has 1 aromatic heterocycles. The van der Waals surface area contributed by atoms with Gasteiger partial charge in [0.15, 0.2) is 0 Å². The quantitative estimate of drug-likeness (QED) is 0.621. The predicted octanol–water partition coefficient (Wildman–Crippen LogP) is 4.39. The van der Waals surface area contributed by atoms with E-state index in [4.69, 9.17) is 4.74 Å². The minimum atomic E-state index is -0.593. The molecule has 0 bridgehead atoms. The van der Waals surface area contributed by atoms with Crippen LogP contribution in [0.3, 0.4) is 0 Å². The zero-order valence-corrected chi connectivity index (χ0v) is 15.1. The zero-order valence-electron chi connectivity index (χ0n) is 15.1. The summed E-state index contributed by atoms with van der Waals surface area (Å²) in [5.41, 5.74) is 1.87. The molecule has 0 radical (unpaired) electrons.